The largest absolute Gasteiger partial charge is 0.493 e. The molecular weight excluding hydrogens is 416 g/mol. The van der Waals surface area contributed by atoms with Crippen LogP contribution in [0.15, 0.2) is 60.7 Å². The van der Waals surface area contributed by atoms with Crippen molar-refractivity contribution in [2.45, 2.75) is 6.92 Å². The minimum atomic E-state index is -0.494. The van der Waals surface area contributed by atoms with Crippen LogP contribution in [-0.2, 0) is 4.79 Å². The molecule has 4 rings (SSSR count). The topological polar surface area (TPSA) is 94.5 Å². The number of aromatic nitrogens is 2. The van der Waals surface area contributed by atoms with Crippen molar-refractivity contribution in [2.24, 2.45) is 0 Å². The van der Waals surface area contributed by atoms with Gasteiger partial charge in [-0.05, 0) is 37.3 Å². The number of nitrogens with one attached hydrogen (secondary N) is 2. The molecule has 2 aromatic heterocycles. The Hall–Kier alpha value is -3.85. The molecule has 8 nitrogen and oxygen atoms in total. The van der Waals surface area contributed by atoms with Gasteiger partial charge in [0.05, 0.1) is 23.4 Å². The second-order valence-corrected chi connectivity index (χ2v) is 7.63. The van der Waals surface area contributed by atoms with Gasteiger partial charge in [0, 0.05) is 5.39 Å². The maximum Gasteiger partial charge on any atom is 0.279 e. The van der Waals surface area contributed by atoms with E-state index in [-0.39, 0.29) is 6.61 Å². The second kappa shape index (κ2) is 8.88. The number of thiophene rings is 1. The molecule has 9 heteroatoms. The summed E-state index contributed by atoms with van der Waals surface area (Å²) >= 11 is 1.30. The number of ether oxygens (including phenoxy) is 2. The van der Waals surface area contributed by atoms with Crippen LogP contribution in [-0.4, -0.2) is 35.3 Å². The molecule has 0 radical (unpaired) electrons. The molecule has 0 atom stereocenters. The van der Waals surface area contributed by atoms with E-state index in [0.717, 1.165) is 21.6 Å². The first-order valence-electron chi connectivity index (χ1n) is 9.46. The SMILES string of the molecule is COc1ccccc1OCC(=O)NNC(=O)c1cc2c(C)nn(-c3ccccc3)c2s1. The lowest BCUT2D eigenvalue weighted by Crippen LogP contribution is -2.43. The van der Waals surface area contributed by atoms with Crippen LogP contribution < -0.4 is 20.3 Å². The van der Waals surface area contributed by atoms with Crippen molar-refractivity contribution in [3.63, 3.8) is 0 Å². The quantitative estimate of drug-likeness (QED) is 0.453. The number of carbonyl (C=O) groups excluding carboxylic acids is 2. The Bertz CT molecular complexity index is 1230. The number of fused-ring (bicyclic) bond motifs is 1. The molecule has 2 heterocycles. The molecule has 4 aromatic rings. The normalized spacial score (nSPS) is 10.6. The summed E-state index contributed by atoms with van der Waals surface area (Å²) < 4.78 is 12.4. The van der Waals surface area contributed by atoms with Crippen molar-refractivity contribution in [1.82, 2.24) is 20.6 Å². The molecule has 0 aliphatic heterocycles. The van der Waals surface area contributed by atoms with Crippen molar-refractivity contribution >= 4 is 33.4 Å². The van der Waals surface area contributed by atoms with Gasteiger partial charge in [0.15, 0.2) is 18.1 Å². The van der Waals surface area contributed by atoms with Gasteiger partial charge in [-0.2, -0.15) is 5.10 Å². The van der Waals surface area contributed by atoms with E-state index in [2.05, 4.69) is 16.0 Å². The number of nitrogens with zero attached hydrogens (tertiary/aromatic N) is 2. The van der Waals surface area contributed by atoms with Crippen LogP contribution in [0.3, 0.4) is 0 Å². The molecule has 0 unspecified atom stereocenters. The van der Waals surface area contributed by atoms with Crippen molar-refractivity contribution in [1.29, 1.82) is 0 Å². The van der Waals surface area contributed by atoms with Crippen molar-refractivity contribution in [3.05, 3.63) is 71.2 Å². The molecule has 0 aliphatic carbocycles. The number of hydrogen-bond donors (Lipinski definition) is 2. The molecule has 2 amide bonds. The summed E-state index contributed by atoms with van der Waals surface area (Å²) in [5.74, 6) is 0.0576. The standard InChI is InChI=1S/C22H20N4O4S/c1-14-16-12-19(31-22(16)26(25-14)15-8-4-3-5-9-15)21(28)24-23-20(27)13-30-18-11-7-6-10-17(18)29-2/h3-12H,13H2,1-2H3,(H,23,27)(H,24,28). The van der Waals surface area contributed by atoms with Crippen LogP contribution in [0.4, 0.5) is 0 Å². The van der Waals surface area contributed by atoms with Gasteiger partial charge in [-0.15, -0.1) is 11.3 Å². The van der Waals surface area contributed by atoms with Gasteiger partial charge in [0.2, 0.25) is 0 Å². The Morgan fingerprint density at radius 3 is 2.48 bits per heavy atom. The van der Waals surface area contributed by atoms with E-state index in [1.165, 1.54) is 18.4 Å². The summed E-state index contributed by atoms with van der Waals surface area (Å²) in [5, 5.41) is 5.45. The first kappa shape index (κ1) is 20.4. The minimum Gasteiger partial charge on any atom is -0.493 e. The summed E-state index contributed by atoms with van der Waals surface area (Å²) in [6.07, 6.45) is 0. The molecular formula is C22H20N4O4S. The van der Waals surface area contributed by atoms with Crippen LogP contribution in [0.1, 0.15) is 15.4 Å². The summed E-state index contributed by atoms with van der Waals surface area (Å²) in [4.78, 5) is 25.9. The predicted octanol–water partition coefficient (Wildman–Crippen LogP) is 3.24. The highest BCUT2D eigenvalue weighted by molar-refractivity contribution is 7.20. The number of hydrazine groups is 1. The number of para-hydroxylation sites is 3. The number of amides is 2. The molecule has 158 valence electrons. The number of hydrogen-bond acceptors (Lipinski definition) is 6. The first-order chi connectivity index (χ1) is 15.1. The number of methoxy groups -OCH3 is 1. The molecule has 31 heavy (non-hydrogen) atoms. The zero-order valence-corrected chi connectivity index (χ0v) is 17.7. The first-order valence-corrected chi connectivity index (χ1v) is 10.3. The Labute approximate surface area is 182 Å². The molecule has 0 aliphatic rings. The average Bonchev–Trinajstić information content (AvgIpc) is 3.37. The fourth-order valence-corrected chi connectivity index (χ4v) is 4.09. The van der Waals surface area contributed by atoms with Crippen molar-refractivity contribution in [3.8, 4) is 17.2 Å². The maximum atomic E-state index is 12.5. The maximum absolute atomic E-state index is 12.5. The van der Waals surface area contributed by atoms with E-state index < -0.39 is 11.8 Å². The number of carbonyl (C=O) groups is 2. The van der Waals surface area contributed by atoms with E-state index in [0.29, 0.717) is 16.4 Å². The Morgan fingerprint density at radius 1 is 1.03 bits per heavy atom. The molecule has 0 saturated heterocycles. The molecule has 0 saturated carbocycles. The van der Waals surface area contributed by atoms with Gasteiger partial charge in [0.1, 0.15) is 4.83 Å². The zero-order valence-electron chi connectivity index (χ0n) is 16.9. The smallest absolute Gasteiger partial charge is 0.279 e. The molecule has 2 aromatic carbocycles. The van der Waals surface area contributed by atoms with Crippen LogP contribution in [0.5, 0.6) is 11.5 Å². The van der Waals surface area contributed by atoms with E-state index in [9.17, 15) is 9.59 Å². The highest BCUT2D eigenvalue weighted by Crippen LogP contribution is 2.30. The van der Waals surface area contributed by atoms with Crippen LogP contribution in [0, 0.1) is 6.92 Å². The lowest BCUT2D eigenvalue weighted by Gasteiger charge is -2.10. The van der Waals surface area contributed by atoms with Gasteiger partial charge in [-0.3, -0.25) is 20.4 Å². The van der Waals surface area contributed by atoms with Crippen LogP contribution in [0.2, 0.25) is 0 Å². The van der Waals surface area contributed by atoms with Crippen molar-refractivity contribution < 1.29 is 19.1 Å². The van der Waals surface area contributed by atoms with Gasteiger partial charge < -0.3 is 9.47 Å². The number of rotatable bonds is 6. The van der Waals surface area contributed by atoms with E-state index in [1.807, 2.05) is 41.9 Å². The highest BCUT2D eigenvalue weighted by Gasteiger charge is 2.17. The predicted molar refractivity (Wildman–Crippen MR) is 118 cm³/mol. The minimum absolute atomic E-state index is 0.269. The number of aryl methyl sites for hydroxylation is 1. The van der Waals surface area contributed by atoms with Crippen molar-refractivity contribution in [2.75, 3.05) is 13.7 Å². The number of benzene rings is 2. The third-order valence-electron chi connectivity index (χ3n) is 4.51. The van der Waals surface area contributed by atoms with E-state index in [4.69, 9.17) is 9.47 Å². The monoisotopic (exact) mass is 436 g/mol. The van der Waals surface area contributed by atoms with Gasteiger partial charge >= 0.3 is 0 Å². The fourth-order valence-electron chi connectivity index (χ4n) is 3.01. The second-order valence-electron chi connectivity index (χ2n) is 6.60. The average molecular weight is 436 g/mol. The summed E-state index contributed by atoms with van der Waals surface area (Å²) in [6.45, 7) is 1.63. The van der Waals surface area contributed by atoms with Crippen LogP contribution in [0.25, 0.3) is 15.9 Å². The summed E-state index contributed by atoms with van der Waals surface area (Å²) in [5.41, 5.74) is 6.53. The van der Waals surface area contributed by atoms with Gasteiger partial charge in [-0.25, -0.2) is 4.68 Å². The van der Waals surface area contributed by atoms with E-state index in [1.54, 1.807) is 30.3 Å². The third-order valence-corrected chi connectivity index (χ3v) is 5.62. The van der Waals surface area contributed by atoms with E-state index >= 15 is 0 Å². The molecule has 2 N–H and O–H groups in total. The zero-order chi connectivity index (χ0) is 21.8. The Morgan fingerprint density at radius 2 is 1.74 bits per heavy atom. The fraction of sp³-hybridized carbons (Fsp3) is 0.136. The van der Waals surface area contributed by atoms with Gasteiger partial charge in [0.25, 0.3) is 11.8 Å². The Kier molecular flexibility index (Phi) is 5.85. The molecule has 0 spiro atoms. The Balaban J connectivity index is 1.40. The van der Waals surface area contributed by atoms with Crippen LogP contribution >= 0.6 is 11.3 Å². The summed E-state index contributed by atoms with van der Waals surface area (Å²) in [7, 11) is 1.52. The lowest BCUT2D eigenvalue weighted by atomic mass is 10.3. The van der Waals surface area contributed by atoms with Gasteiger partial charge in [-0.1, -0.05) is 30.3 Å². The third kappa shape index (κ3) is 4.36. The lowest BCUT2D eigenvalue weighted by molar-refractivity contribution is -0.123. The summed E-state index contributed by atoms with van der Waals surface area (Å²) in [6, 6.07) is 18.5. The molecule has 0 bridgehead atoms. The highest BCUT2D eigenvalue weighted by atomic mass is 32.1. The molecule has 0 fully saturated rings.